The zero-order valence-corrected chi connectivity index (χ0v) is 23.2. The van der Waals surface area contributed by atoms with Crippen molar-refractivity contribution in [3.63, 3.8) is 0 Å². The van der Waals surface area contributed by atoms with Gasteiger partial charge in [0.05, 0.1) is 52.3 Å². The molecule has 3 aromatic rings. The van der Waals surface area contributed by atoms with E-state index in [1.807, 2.05) is 0 Å². The maximum Gasteiger partial charge on any atom is 0.343 e. The van der Waals surface area contributed by atoms with Gasteiger partial charge in [0.15, 0.2) is 23.0 Å². The van der Waals surface area contributed by atoms with Crippen LogP contribution in [-0.2, 0) is 4.79 Å². The largest absolute Gasteiger partial charge is 0.493 e. The number of halogens is 1. The van der Waals surface area contributed by atoms with E-state index in [4.69, 9.17) is 23.7 Å². The van der Waals surface area contributed by atoms with Crippen LogP contribution in [0.1, 0.15) is 26.3 Å². The van der Waals surface area contributed by atoms with E-state index in [1.165, 1.54) is 52.9 Å². The number of nitrogens with one attached hydrogen (secondary N) is 2. The molecule has 39 heavy (non-hydrogen) atoms. The fraction of sp³-hybridized carbons (Fsp3) is 0.185. The molecule has 0 fully saturated rings. The second-order valence-corrected chi connectivity index (χ2v) is 8.52. The number of benzene rings is 3. The predicted molar refractivity (Wildman–Crippen MR) is 146 cm³/mol. The summed E-state index contributed by atoms with van der Waals surface area (Å²) in [4.78, 5) is 37.1. The fourth-order valence-corrected chi connectivity index (χ4v) is 3.79. The topological polar surface area (TPSA) is 134 Å². The first-order valence-electron chi connectivity index (χ1n) is 11.4. The van der Waals surface area contributed by atoms with Crippen LogP contribution in [0.15, 0.2) is 64.2 Å². The summed E-state index contributed by atoms with van der Waals surface area (Å²) in [6, 6.07) is 14.5. The van der Waals surface area contributed by atoms with Gasteiger partial charge in [-0.05, 0) is 64.0 Å². The Balaban J connectivity index is 1.62. The number of hydrogen-bond donors (Lipinski definition) is 2. The Labute approximate surface area is 233 Å². The highest BCUT2D eigenvalue weighted by Gasteiger charge is 2.20. The molecule has 0 unspecified atom stereocenters. The van der Waals surface area contributed by atoms with Gasteiger partial charge in [-0.3, -0.25) is 9.59 Å². The molecule has 11 nitrogen and oxygen atoms in total. The van der Waals surface area contributed by atoms with Crippen LogP contribution in [0.5, 0.6) is 28.7 Å². The van der Waals surface area contributed by atoms with Crippen molar-refractivity contribution in [2.45, 2.75) is 0 Å². The van der Waals surface area contributed by atoms with Gasteiger partial charge in [0.2, 0.25) is 5.75 Å². The van der Waals surface area contributed by atoms with Crippen molar-refractivity contribution in [1.29, 1.82) is 0 Å². The van der Waals surface area contributed by atoms with Crippen molar-refractivity contribution in [1.82, 2.24) is 10.7 Å². The average molecular weight is 600 g/mol. The lowest BCUT2D eigenvalue weighted by atomic mass is 10.1. The second kappa shape index (κ2) is 13.8. The number of amides is 2. The van der Waals surface area contributed by atoms with Crippen LogP contribution in [0.25, 0.3) is 0 Å². The van der Waals surface area contributed by atoms with Gasteiger partial charge in [-0.25, -0.2) is 10.2 Å². The number of ether oxygens (including phenoxy) is 5. The number of rotatable bonds is 11. The van der Waals surface area contributed by atoms with Gasteiger partial charge in [-0.1, -0.05) is 12.1 Å². The normalized spacial score (nSPS) is 10.5. The SMILES string of the molecule is COc1cc(C=NNC(=O)CNC(=O)c2ccccc2Br)ccc1OC(=O)c1cc(OC)c(OC)c(OC)c1. The predicted octanol–water partition coefficient (Wildman–Crippen LogP) is 3.58. The molecule has 0 atom stereocenters. The van der Waals surface area contributed by atoms with E-state index in [2.05, 4.69) is 31.8 Å². The highest BCUT2D eigenvalue weighted by Crippen LogP contribution is 2.38. The maximum atomic E-state index is 12.8. The monoisotopic (exact) mass is 599 g/mol. The third-order valence-corrected chi connectivity index (χ3v) is 5.91. The lowest BCUT2D eigenvalue weighted by Gasteiger charge is -2.14. The zero-order chi connectivity index (χ0) is 28.4. The molecule has 2 N–H and O–H groups in total. The molecule has 0 radical (unpaired) electrons. The number of carbonyl (C=O) groups is 3. The van der Waals surface area contributed by atoms with Crippen molar-refractivity contribution < 1.29 is 38.1 Å². The lowest BCUT2D eigenvalue weighted by Crippen LogP contribution is -2.35. The molecule has 0 heterocycles. The van der Waals surface area contributed by atoms with E-state index in [-0.39, 0.29) is 23.6 Å². The average Bonchev–Trinajstić information content (AvgIpc) is 2.95. The summed E-state index contributed by atoms with van der Waals surface area (Å²) in [7, 11) is 5.77. The van der Waals surface area contributed by atoms with Gasteiger partial charge in [0, 0.05) is 4.47 Å². The van der Waals surface area contributed by atoms with Crippen LogP contribution < -0.4 is 34.4 Å². The Morgan fingerprint density at radius 2 is 1.51 bits per heavy atom. The number of hydrazone groups is 1. The van der Waals surface area contributed by atoms with E-state index in [9.17, 15) is 14.4 Å². The fourth-order valence-electron chi connectivity index (χ4n) is 3.33. The van der Waals surface area contributed by atoms with Crippen LogP contribution in [0.2, 0.25) is 0 Å². The first kappa shape index (κ1) is 29.0. The molecule has 0 aromatic heterocycles. The molecule has 0 saturated heterocycles. The van der Waals surface area contributed by atoms with E-state index in [0.717, 1.165) is 0 Å². The number of hydrogen-bond acceptors (Lipinski definition) is 9. The Morgan fingerprint density at radius 1 is 0.846 bits per heavy atom. The zero-order valence-electron chi connectivity index (χ0n) is 21.6. The third-order valence-electron chi connectivity index (χ3n) is 5.22. The molecule has 0 saturated carbocycles. The van der Waals surface area contributed by atoms with Gasteiger partial charge in [0.25, 0.3) is 11.8 Å². The molecule has 0 bridgehead atoms. The lowest BCUT2D eigenvalue weighted by molar-refractivity contribution is -0.120. The van der Waals surface area contributed by atoms with Gasteiger partial charge < -0.3 is 29.0 Å². The van der Waals surface area contributed by atoms with E-state index >= 15 is 0 Å². The van der Waals surface area contributed by atoms with E-state index < -0.39 is 17.8 Å². The molecule has 3 rings (SSSR count). The summed E-state index contributed by atoms with van der Waals surface area (Å²) in [5.41, 5.74) is 3.47. The smallest absolute Gasteiger partial charge is 0.343 e. The van der Waals surface area contributed by atoms with Crippen LogP contribution in [0.4, 0.5) is 0 Å². The molecule has 12 heteroatoms. The Kier molecular flexibility index (Phi) is 10.3. The molecule has 0 aliphatic carbocycles. The maximum absolute atomic E-state index is 12.8. The Bertz CT molecular complexity index is 1370. The summed E-state index contributed by atoms with van der Waals surface area (Å²) in [5, 5.41) is 6.41. The van der Waals surface area contributed by atoms with Crippen molar-refractivity contribution in [3.05, 3.63) is 75.8 Å². The minimum Gasteiger partial charge on any atom is -0.493 e. The molecule has 0 aliphatic rings. The molecular formula is C27H26BrN3O8. The number of methoxy groups -OCH3 is 4. The van der Waals surface area contributed by atoms with Crippen molar-refractivity contribution in [2.75, 3.05) is 35.0 Å². The molecule has 2 amide bonds. The highest BCUT2D eigenvalue weighted by atomic mass is 79.9. The van der Waals surface area contributed by atoms with Crippen molar-refractivity contribution in [3.8, 4) is 28.7 Å². The van der Waals surface area contributed by atoms with Gasteiger partial charge in [-0.2, -0.15) is 5.10 Å². The number of esters is 1. The van der Waals surface area contributed by atoms with Gasteiger partial charge in [0.1, 0.15) is 0 Å². The Hall–Kier alpha value is -4.58. The highest BCUT2D eigenvalue weighted by molar-refractivity contribution is 9.10. The number of carbonyl (C=O) groups excluding carboxylic acids is 3. The van der Waals surface area contributed by atoms with Gasteiger partial charge in [-0.15, -0.1) is 0 Å². The van der Waals surface area contributed by atoms with Crippen molar-refractivity contribution in [2.24, 2.45) is 5.10 Å². The quantitative estimate of drug-likeness (QED) is 0.148. The van der Waals surface area contributed by atoms with E-state index in [0.29, 0.717) is 32.8 Å². The molecule has 204 valence electrons. The summed E-state index contributed by atoms with van der Waals surface area (Å²) in [6.07, 6.45) is 1.38. The molecule has 0 spiro atoms. The number of nitrogens with zero attached hydrogens (tertiary/aromatic N) is 1. The molecular weight excluding hydrogens is 574 g/mol. The summed E-state index contributed by atoms with van der Waals surface area (Å²) >= 11 is 3.29. The third kappa shape index (κ3) is 7.48. The van der Waals surface area contributed by atoms with Crippen LogP contribution >= 0.6 is 15.9 Å². The minimum absolute atomic E-state index is 0.159. The first-order chi connectivity index (χ1) is 18.8. The molecule has 0 aliphatic heterocycles. The summed E-state index contributed by atoms with van der Waals surface area (Å²) in [5.74, 6) is -0.229. The first-order valence-corrected chi connectivity index (χ1v) is 12.1. The van der Waals surface area contributed by atoms with Crippen LogP contribution in [0.3, 0.4) is 0 Å². The van der Waals surface area contributed by atoms with Gasteiger partial charge >= 0.3 is 5.97 Å². The van der Waals surface area contributed by atoms with Crippen LogP contribution in [0, 0.1) is 0 Å². The molecule has 3 aromatic carbocycles. The summed E-state index contributed by atoms with van der Waals surface area (Å²) < 4.78 is 27.3. The van der Waals surface area contributed by atoms with Crippen LogP contribution in [-0.4, -0.2) is 59.0 Å². The second-order valence-electron chi connectivity index (χ2n) is 7.67. The Morgan fingerprint density at radius 3 is 2.13 bits per heavy atom. The standard InChI is InChI=1S/C27H26BrN3O8/c1-35-21-11-16(14-30-31-24(32)15-29-26(33)18-7-5-6-8-19(18)28)9-10-20(21)39-27(34)17-12-22(36-2)25(38-4)23(13-17)37-3/h5-14H,15H2,1-4H3,(H,29,33)(H,31,32). The summed E-state index contributed by atoms with van der Waals surface area (Å²) in [6.45, 7) is -0.267. The van der Waals surface area contributed by atoms with E-state index in [1.54, 1.807) is 36.4 Å². The van der Waals surface area contributed by atoms with Crippen molar-refractivity contribution >= 4 is 39.9 Å². The minimum atomic E-state index is -0.675.